The fourth-order valence-electron chi connectivity index (χ4n) is 2.73. The van der Waals surface area contributed by atoms with Crippen LogP contribution in [0.5, 0.6) is 0 Å². The van der Waals surface area contributed by atoms with E-state index in [1.54, 1.807) is 18.2 Å². The number of halogens is 2. The van der Waals surface area contributed by atoms with Gasteiger partial charge in [0.05, 0.1) is 16.3 Å². The number of rotatable bonds is 5. The van der Waals surface area contributed by atoms with Crippen LogP contribution in [-0.4, -0.2) is 37.4 Å². The summed E-state index contributed by atoms with van der Waals surface area (Å²) in [6.45, 7) is 1.95. The second-order valence-electron chi connectivity index (χ2n) is 6.37. The lowest BCUT2D eigenvalue weighted by Crippen LogP contribution is -2.19. The van der Waals surface area contributed by atoms with Crippen molar-refractivity contribution in [2.24, 2.45) is 5.10 Å². The highest BCUT2D eigenvalue weighted by Gasteiger charge is 2.25. The van der Waals surface area contributed by atoms with Crippen LogP contribution in [0, 0.1) is 6.92 Å². The van der Waals surface area contributed by atoms with E-state index in [2.05, 4.69) is 35.8 Å². The minimum atomic E-state index is -0.615. The van der Waals surface area contributed by atoms with Crippen LogP contribution < -0.4 is 11.2 Å². The molecule has 3 N–H and O–H groups in total. The van der Waals surface area contributed by atoms with E-state index >= 15 is 0 Å². The summed E-state index contributed by atoms with van der Waals surface area (Å²) in [5.41, 5.74) is 10.7. The number of benzene rings is 2. The molecule has 31 heavy (non-hydrogen) atoms. The summed E-state index contributed by atoms with van der Waals surface area (Å²) in [7, 11) is 0. The van der Waals surface area contributed by atoms with E-state index in [9.17, 15) is 4.79 Å². The summed E-state index contributed by atoms with van der Waals surface area (Å²) in [4.78, 5) is 12.8. The molecule has 0 aliphatic carbocycles. The first-order valence-corrected chi connectivity index (χ1v) is 9.60. The summed E-state index contributed by atoms with van der Waals surface area (Å²) < 4.78 is 5.93. The first kappa shape index (κ1) is 20.5. The Morgan fingerprint density at radius 1 is 1.16 bits per heavy atom. The molecule has 0 spiro atoms. The Hall–Kier alpha value is -3.76. The van der Waals surface area contributed by atoms with Crippen molar-refractivity contribution >= 4 is 41.1 Å². The number of carbonyl (C=O) groups is 1. The lowest BCUT2D eigenvalue weighted by Gasteiger charge is -2.06. The van der Waals surface area contributed by atoms with E-state index in [1.807, 2.05) is 31.2 Å². The highest BCUT2D eigenvalue weighted by molar-refractivity contribution is 6.38. The second-order valence-corrected chi connectivity index (χ2v) is 7.19. The minimum absolute atomic E-state index is 0.00315. The smallest absolute Gasteiger partial charge is 0.294 e. The molecular formula is C19H14Cl2N8O2. The third-order valence-electron chi connectivity index (χ3n) is 4.27. The van der Waals surface area contributed by atoms with E-state index in [4.69, 9.17) is 28.9 Å². The molecule has 12 heteroatoms. The SMILES string of the molecule is Cc1ccc(-c2c(C(=O)NN=Cc3c(Cl)cccc3Cl)nnn2-c2nonc2N)cc1. The molecule has 0 unspecified atom stereocenters. The quantitative estimate of drug-likeness (QED) is 0.347. The van der Waals surface area contributed by atoms with Gasteiger partial charge in [-0.05, 0) is 29.4 Å². The predicted octanol–water partition coefficient (Wildman–Crippen LogP) is 3.28. The Kier molecular flexibility index (Phi) is 5.65. The van der Waals surface area contributed by atoms with Gasteiger partial charge in [0.1, 0.15) is 5.69 Å². The van der Waals surface area contributed by atoms with Crippen LogP contribution in [0.25, 0.3) is 17.1 Å². The molecule has 2 heterocycles. The van der Waals surface area contributed by atoms with Crippen molar-refractivity contribution < 1.29 is 9.42 Å². The molecule has 156 valence electrons. The van der Waals surface area contributed by atoms with Gasteiger partial charge < -0.3 is 5.73 Å². The van der Waals surface area contributed by atoms with Gasteiger partial charge in [-0.15, -0.1) is 5.10 Å². The molecule has 0 aliphatic heterocycles. The van der Waals surface area contributed by atoms with Gasteiger partial charge >= 0.3 is 0 Å². The van der Waals surface area contributed by atoms with Gasteiger partial charge in [-0.3, -0.25) is 4.79 Å². The van der Waals surface area contributed by atoms with Crippen LogP contribution in [0.4, 0.5) is 5.82 Å². The van der Waals surface area contributed by atoms with Gasteiger partial charge in [-0.2, -0.15) is 9.78 Å². The average molecular weight is 457 g/mol. The van der Waals surface area contributed by atoms with Crippen LogP contribution in [0.15, 0.2) is 52.2 Å². The van der Waals surface area contributed by atoms with Crippen molar-refractivity contribution in [3.63, 3.8) is 0 Å². The van der Waals surface area contributed by atoms with Gasteiger partial charge in [-0.1, -0.05) is 64.3 Å². The first-order chi connectivity index (χ1) is 15.0. The van der Waals surface area contributed by atoms with E-state index < -0.39 is 5.91 Å². The summed E-state index contributed by atoms with van der Waals surface area (Å²) >= 11 is 12.2. The molecule has 0 radical (unpaired) electrons. The number of aryl methyl sites for hydroxylation is 1. The molecule has 2 aromatic heterocycles. The van der Waals surface area contributed by atoms with Gasteiger partial charge in [0, 0.05) is 11.1 Å². The van der Waals surface area contributed by atoms with E-state index in [0.717, 1.165) is 5.56 Å². The molecule has 0 saturated carbocycles. The highest BCUT2D eigenvalue weighted by atomic mass is 35.5. The zero-order valence-corrected chi connectivity index (χ0v) is 17.5. The number of carbonyl (C=O) groups excluding carboxylic acids is 1. The van der Waals surface area contributed by atoms with E-state index in [-0.39, 0.29) is 17.3 Å². The molecule has 0 fully saturated rings. The number of hydrogen-bond donors (Lipinski definition) is 2. The standard InChI is InChI=1S/C19H14Cl2N8O2/c1-10-5-7-11(8-6-10)16-15(24-28-29(16)18-17(22)26-31-27-18)19(30)25-23-9-12-13(20)3-2-4-14(12)21/h2-9H,1H3,(H2,22,26)(H,25,30). The number of hydrazone groups is 1. The molecule has 1 amide bonds. The Balaban J connectivity index is 1.70. The number of aromatic nitrogens is 5. The molecule has 4 rings (SSSR count). The first-order valence-electron chi connectivity index (χ1n) is 8.84. The van der Waals surface area contributed by atoms with Gasteiger partial charge in [-0.25, -0.2) is 10.1 Å². The summed E-state index contributed by atoms with van der Waals surface area (Å²) in [6, 6.07) is 12.4. The number of nitrogens with two attached hydrogens (primary N) is 1. The normalized spacial score (nSPS) is 11.2. The fourth-order valence-corrected chi connectivity index (χ4v) is 3.23. The Morgan fingerprint density at radius 3 is 2.52 bits per heavy atom. The van der Waals surface area contributed by atoms with Gasteiger partial charge in [0.2, 0.25) is 11.6 Å². The average Bonchev–Trinajstić information content (AvgIpc) is 3.36. The van der Waals surface area contributed by atoms with Crippen LogP contribution in [0.2, 0.25) is 10.0 Å². The zero-order valence-electron chi connectivity index (χ0n) is 16.0. The zero-order chi connectivity index (χ0) is 22.0. The minimum Gasteiger partial charge on any atom is -0.378 e. The van der Waals surface area contributed by atoms with Crippen molar-refractivity contribution in [2.45, 2.75) is 6.92 Å². The van der Waals surface area contributed by atoms with Crippen molar-refractivity contribution in [1.29, 1.82) is 0 Å². The molecule has 0 bridgehead atoms. The Morgan fingerprint density at radius 2 is 1.87 bits per heavy atom. The van der Waals surface area contributed by atoms with Crippen molar-refractivity contribution in [3.8, 4) is 17.1 Å². The topological polar surface area (TPSA) is 137 Å². The van der Waals surface area contributed by atoms with Crippen molar-refractivity contribution in [1.82, 2.24) is 30.7 Å². The number of nitrogens with zero attached hydrogens (tertiary/aromatic N) is 6. The molecular weight excluding hydrogens is 443 g/mol. The fraction of sp³-hybridized carbons (Fsp3) is 0.0526. The van der Waals surface area contributed by atoms with Crippen molar-refractivity contribution in [3.05, 3.63) is 69.3 Å². The summed E-state index contributed by atoms with van der Waals surface area (Å²) in [5.74, 6) is -0.513. The third-order valence-corrected chi connectivity index (χ3v) is 4.93. The van der Waals surface area contributed by atoms with Crippen LogP contribution >= 0.6 is 23.2 Å². The maximum atomic E-state index is 12.8. The van der Waals surface area contributed by atoms with Crippen LogP contribution in [-0.2, 0) is 0 Å². The van der Waals surface area contributed by atoms with Crippen molar-refractivity contribution in [2.75, 3.05) is 5.73 Å². The third kappa shape index (κ3) is 4.11. The van der Waals surface area contributed by atoms with E-state index in [1.165, 1.54) is 10.9 Å². The largest absolute Gasteiger partial charge is 0.378 e. The number of anilines is 1. The number of nitrogen functional groups attached to an aromatic ring is 1. The monoisotopic (exact) mass is 456 g/mol. The Bertz CT molecular complexity index is 1260. The second kappa shape index (κ2) is 8.54. The van der Waals surface area contributed by atoms with Gasteiger partial charge in [0.25, 0.3) is 5.91 Å². The summed E-state index contributed by atoms with van der Waals surface area (Å²) in [5, 5.41) is 20.0. The molecule has 4 aromatic rings. The number of amides is 1. The molecule has 0 aliphatic rings. The molecule has 0 saturated heterocycles. The predicted molar refractivity (Wildman–Crippen MR) is 115 cm³/mol. The summed E-state index contributed by atoms with van der Waals surface area (Å²) in [6.07, 6.45) is 1.35. The maximum Gasteiger partial charge on any atom is 0.294 e. The molecule has 0 atom stereocenters. The molecule has 10 nitrogen and oxygen atoms in total. The number of nitrogens with one attached hydrogen (secondary N) is 1. The number of hydrogen-bond acceptors (Lipinski definition) is 8. The van der Waals surface area contributed by atoms with E-state index in [0.29, 0.717) is 26.9 Å². The van der Waals surface area contributed by atoms with Crippen LogP contribution in [0.3, 0.4) is 0 Å². The van der Waals surface area contributed by atoms with Gasteiger partial charge in [0.15, 0.2) is 5.69 Å². The Labute approximate surface area is 185 Å². The molecule has 2 aromatic carbocycles. The van der Waals surface area contributed by atoms with Crippen LogP contribution in [0.1, 0.15) is 21.6 Å². The lowest BCUT2D eigenvalue weighted by molar-refractivity contribution is 0.0950. The maximum absolute atomic E-state index is 12.8. The lowest BCUT2D eigenvalue weighted by atomic mass is 10.1. The highest BCUT2D eigenvalue weighted by Crippen LogP contribution is 2.27.